The van der Waals surface area contributed by atoms with E-state index in [1.165, 1.54) is 11.1 Å². The summed E-state index contributed by atoms with van der Waals surface area (Å²) in [7, 11) is 0. The minimum atomic E-state index is 0.372. The number of hydrogen-bond donors (Lipinski definition) is 1. The van der Waals surface area contributed by atoms with Crippen LogP contribution >= 0.6 is 0 Å². The molecule has 2 rings (SSSR count). The highest BCUT2D eigenvalue weighted by atomic mass is 16.5. The number of nitrogens with one attached hydrogen (secondary N) is 1. The molecule has 1 heterocycles. The van der Waals surface area contributed by atoms with Crippen LogP contribution in [0.25, 0.3) is 0 Å². The van der Waals surface area contributed by atoms with Gasteiger partial charge in [-0.2, -0.15) is 0 Å². The van der Waals surface area contributed by atoms with E-state index in [1.54, 1.807) is 0 Å². The zero-order valence-electron chi connectivity index (χ0n) is 11.9. The van der Waals surface area contributed by atoms with Crippen LogP contribution in [0.1, 0.15) is 50.8 Å². The van der Waals surface area contributed by atoms with Gasteiger partial charge >= 0.3 is 0 Å². The van der Waals surface area contributed by atoms with Crippen molar-refractivity contribution in [3.63, 3.8) is 0 Å². The number of hydrogen-bond acceptors (Lipinski definition) is 2. The van der Waals surface area contributed by atoms with Gasteiger partial charge in [0.1, 0.15) is 0 Å². The van der Waals surface area contributed by atoms with E-state index < -0.39 is 0 Å². The largest absolute Gasteiger partial charge is 0.375 e. The van der Waals surface area contributed by atoms with Crippen LogP contribution in [0, 0.1) is 6.92 Å². The molecule has 0 spiro atoms. The molecular formula is C16H25NO. The molecule has 2 nitrogen and oxygen atoms in total. The highest BCUT2D eigenvalue weighted by Gasteiger charge is 2.25. The number of benzene rings is 1. The maximum atomic E-state index is 5.78. The summed E-state index contributed by atoms with van der Waals surface area (Å²) in [6, 6.07) is 9.79. The predicted molar refractivity (Wildman–Crippen MR) is 75.8 cm³/mol. The van der Waals surface area contributed by atoms with E-state index in [9.17, 15) is 0 Å². The van der Waals surface area contributed by atoms with Crippen molar-refractivity contribution in [3.05, 3.63) is 35.4 Å². The van der Waals surface area contributed by atoms with E-state index in [1.807, 2.05) is 0 Å². The molecule has 0 saturated carbocycles. The van der Waals surface area contributed by atoms with Crippen molar-refractivity contribution >= 4 is 0 Å². The van der Waals surface area contributed by atoms with Crippen LogP contribution in [0.5, 0.6) is 0 Å². The second-order valence-corrected chi connectivity index (χ2v) is 5.72. The van der Waals surface area contributed by atoms with E-state index in [0.717, 1.165) is 12.8 Å². The molecule has 1 fully saturated rings. The highest BCUT2D eigenvalue weighted by molar-refractivity contribution is 5.23. The van der Waals surface area contributed by atoms with Crippen LogP contribution in [0.3, 0.4) is 0 Å². The third-order valence-corrected chi connectivity index (χ3v) is 3.76. The molecule has 0 aliphatic carbocycles. The SMILES string of the molecule is Cc1ccc(C(C)NC2CC(C)OC(C)C2)cc1. The molecule has 3 unspecified atom stereocenters. The Morgan fingerprint density at radius 3 is 2.22 bits per heavy atom. The summed E-state index contributed by atoms with van der Waals surface area (Å²) in [5.41, 5.74) is 2.69. The van der Waals surface area contributed by atoms with Crippen molar-refractivity contribution in [3.8, 4) is 0 Å². The lowest BCUT2D eigenvalue weighted by Gasteiger charge is -2.34. The van der Waals surface area contributed by atoms with Crippen molar-refractivity contribution in [1.82, 2.24) is 5.32 Å². The van der Waals surface area contributed by atoms with Gasteiger partial charge in [-0.05, 0) is 46.1 Å². The van der Waals surface area contributed by atoms with Crippen molar-refractivity contribution in [1.29, 1.82) is 0 Å². The van der Waals surface area contributed by atoms with Crippen LogP contribution in [0.2, 0.25) is 0 Å². The molecule has 3 atom stereocenters. The fourth-order valence-electron chi connectivity index (χ4n) is 2.85. The molecule has 1 N–H and O–H groups in total. The zero-order chi connectivity index (χ0) is 13.1. The number of ether oxygens (including phenoxy) is 1. The Morgan fingerprint density at radius 1 is 1.11 bits per heavy atom. The van der Waals surface area contributed by atoms with E-state index in [2.05, 4.69) is 57.3 Å². The summed E-state index contributed by atoms with van der Waals surface area (Å²) in [5, 5.41) is 3.74. The first-order valence-corrected chi connectivity index (χ1v) is 7.02. The van der Waals surface area contributed by atoms with Gasteiger partial charge in [0.2, 0.25) is 0 Å². The standard InChI is InChI=1S/C16H25NO/c1-11-5-7-15(8-6-11)14(4)17-16-9-12(2)18-13(3)10-16/h5-8,12-14,16-17H,9-10H2,1-4H3. The third kappa shape index (κ3) is 3.56. The van der Waals surface area contributed by atoms with Crippen LogP contribution in [0.15, 0.2) is 24.3 Å². The second-order valence-electron chi connectivity index (χ2n) is 5.72. The van der Waals surface area contributed by atoms with Crippen LogP contribution in [0.4, 0.5) is 0 Å². The molecule has 18 heavy (non-hydrogen) atoms. The first kappa shape index (κ1) is 13.6. The molecule has 1 aliphatic rings. The average molecular weight is 247 g/mol. The molecule has 1 aromatic carbocycles. The fourth-order valence-corrected chi connectivity index (χ4v) is 2.85. The summed E-state index contributed by atoms with van der Waals surface area (Å²) < 4.78 is 5.78. The van der Waals surface area contributed by atoms with Gasteiger partial charge in [-0.25, -0.2) is 0 Å². The first-order valence-electron chi connectivity index (χ1n) is 7.02. The van der Waals surface area contributed by atoms with Gasteiger partial charge in [-0.3, -0.25) is 0 Å². The van der Waals surface area contributed by atoms with Gasteiger partial charge in [0.05, 0.1) is 12.2 Å². The van der Waals surface area contributed by atoms with Gasteiger partial charge in [0, 0.05) is 12.1 Å². The normalized spacial score (nSPS) is 30.1. The number of rotatable bonds is 3. The van der Waals surface area contributed by atoms with Gasteiger partial charge in [0.25, 0.3) is 0 Å². The molecule has 1 aromatic rings. The monoisotopic (exact) mass is 247 g/mol. The molecule has 100 valence electrons. The Labute approximate surface area is 111 Å². The van der Waals surface area contributed by atoms with Gasteiger partial charge < -0.3 is 10.1 Å². The Bertz CT molecular complexity index is 363. The lowest BCUT2D eigenvalue weighted by Crippen LogP contribution is -2.42. The van der Waals surface area contributed by atoms with Crippen molar-refractivity contribution in [2.45, 2.75) is 64.8 Å². The van der Waals surface area contributed by atoms with Crippen LogP contribution < -0.4 is 5.32 Å². The minimum Gasteiger partial charge on any atom is -0.375 e. The Hall–Kier alpha value is -0.860. The molecule has 1 aliphatic heterocycles. The summed E-state index contributed by atoms with van der Waals surface area (Å²) in [4.78, 5) is 0. The molecule has 1 saturated heterocycles. The first-order chi connectivity index (χ1) is 8.54. The number of aryl methyl sites for hydroxylation is 1. The van der Waals surface area contributed by atoms with Crippen molar-refractivity contribution in [2.75, 3.05) is 0 Å². The van der Waals surface area contributed by atoms with Gasteiger partial charge in [-0.1, -0.05) is 29.8 Å². The average Bonchev–Trinajstić information content (AvgIpc) is 2.28. The maximum absolute atomic E-state index is 5.78. The molecule has 2 heteroatoms. The molecule has 0 amide bonds. The van der Waals surface area contributed by atoms with E-state index in [0.29, 0.717) is 24.3 Å². The van der Waals surface area contributed by atoms with E-state index in [4.69, 9.17) is 4.74 Å². The van der Waals surface area contributed by atoms with Gasteiger partial charge in [-0.15, -0.1) is 0 Å². The van der Waals surface area contributed by atoms with E-state index >= 15 is 0 Å². The summed E-state index contributed by atoms with van der Waals surface area (Å²) in [6.07, 6.45) is 2.97. The lowest BCUT2D eigenvalue weighted by atomic mass is 9.97. The molecule has 0 radical (unpaired) electrons. The Balaban J connectivity index is 1.94. The minimum absolute atomic E-state index is 0.372. The third-order valence-electron chi connectivity index (χ3n) is 3.76. The quantitative estimate of drug-likeness (QED) is 0.881. The van der Waals surface area contributed by atoms with Crippen molar-refractivity contribution < 1.29 is 4.74 Å². The Kier molecular flexibility index (Phi) is 4.41. The zero-order valence-corrected chi connectivity index (χ0v) is 11.9. The topological polar surface area (TPSA) is 21.3 Å². The van der Waals surface area contributed by atoms with Crippen molar-refractivity contribution in [2.24, 2.45) is 0 Å². The molecule has 0 aromatic heterocycles. The maximum Gasteiger partial charge on any atom is 0.0565 e. The second kappa shape index (κ2) is 5.85. The van der Waals surface area contributed by atoms with Gasteiger partial charge in [0.15, 0.2) is 0 Å². The smallest absolute Gasteiger partial charge is 0.0565 e. The fraction of sp³-hybridized carbons (Fsp3) is 0.625. The lowest BCUT2D eigenvalue weighted by molar-refractivity contribution is -0.0433. The highest BCUT2D eigenvalue weighted by Crippen LogP contribution is 2.22. The molecular weight excluding hydrogens is 222 g/mol. The summed E-state index contributed by atoms with van der Waals surface area (Å²) in [6.45, 7) is 8.71. The summed E-state index contributed by atoms with van der Waals surface area (Å²) in [5.74, 6) is 0. The van der Waals surface area contributed by atoms with Crippen LogP contribution in [-0.2, 0) is 4.74 Å². The predicted octanol–water partition coefficient (Wildman–Crippen LogP) is 3.60. The summed E-state index contributed by atoms with van der Waals surface area (Å²) >= 11 is 0. The van der Waals surface area contributed by atoms with Crippen LogP contribution in [-0.4, -0.2) is 18.2 Å². The Morgan fingerprint density at radius 2 is 1.67 bits per heavy atom. The van der Waals surface area contributed by atoms with E-state index in [-0.39, 0.29) is 0 Å². The molecule has 0 bridgehead atoms.